The number of benzene rings is 1. The first kappa shape index (κ1) is 14.5. The summed E-state index contributed by atoms with van der Waals surface area (Å²) in [5, 5.41) is 0. The second kappa shape index (κ2) is 5.63. The molecule has 1 aliphatic rings. The SMILES string of the molecule is CN(C)C1=CN(c2ccc(F)cc2F)C(N(C)C)C=C1. The van der Waals surface area contributed by atoms with Gasteiger partial charge in [-0.2, -0.15) is 0 Å². The predicted octanol–water partition coefficient (Wildman–Crippen LogP) is 2.63. The van der Waals surface area contributed by atoms with Crippen LogP contribution in [0.5, 0.6) is 0 Å². The van der Waals surface area contributed by atoms with Crippen molar-refractivity contribution in [3.63, 3.8) is 0 Å². The summed E-state index contributed by atoms with van der Waals surface area (Å²) in [5.41, 5.74) is 1.31. The third-order valence-electron chi connectivity index (χ3n) is 3.23. The molecule has 1 unspecified atom stereocenters. The van der Waals surface area contributed by atoms with Gasteiger partial charge in [-0.15, -0.1) is 0 Å². The van der Waals surface area contributed by atoms with Gasteiger partial charge in [0.25, 0.3) is 0 Å². The number of nitrogens with zero attached hydrogens (tertiary/aromatic N) is 3. The highest BCUT2D eigenvalue weighted by atomic mass is 19.1. The van der Waals surface area contributed by atoms with E-state index in [1.54, 1.807) is 4.90 Å². The molecular formula is C15H19F2N3. The summed E-state index contributed by atoms with van der Waals surface area (Å²) < 4.78 is 27.1. The molecule has 0 N–H and O–H groups in total. The number of hydrogen-bond acceptors (Lipinski definition) is 3. The summed E-state index contributed by atoms with van der Waals surface area (Å²) in [4.78, 5) is 5.70. The fraction of sp³-hybridized carbons (Fsp3) is 0.333. The quantitative estimate of drug-likeness (QED) is 0.842. The van der Waals surface area contributed by atoms with Crippen molar-refractivity contribution >= 4 is 5.69 Å². The average molecular weight is 279 g/mol. The molecule has 1 atom stereocenters. The van der Waals surface area contributed by atoms with Gasteiger partial charge in [0.2, 0.25) is 0 Å². The Kier molecular flexibility index (Phi) is 4.09. The van der Waals surface area contributed by atoms with Crippen molar-refractivity contribution in [2.45, 2.75) is 6.17 Å². The van der Waals surface area contributed by atoms with Gasteiger partial charge in [-0.25, -0.2) is 8.78 Å². The van der Waals surface area contributed by atoms with E-state index in [-0.39, 0.29) is 6.17 Å². The third kappa shape index (κ3) is 2.82. The van der Waals surface area contributed by atoms with Gasteiger partial charge in [0.05, 0.1) is 11.4 Å². The molecule has 0 radical (unpaired) electrons. The molecule has 2 rings (SSSR count). The highest BCUT2D eigenvalue weighted by molar-refractivity contribution is 5.55. The van der Waals surface area contributed by atoms with Crippen molar-refractivity contribution in [1.29, 1.82) is 0 Å². The fourth-order valence-corrected chi connectivity index (χ4v) is 2.13. The number of allylic oxidation sites excluding steroid dienone is 1. The van der Waals surface area contributed by atoms with E-state index in [1.165, 1.54) is 12.1 Å². The number of halogens is 2. The normalized spacial score (nSPS) is 18.4. The second-order valence-electron chi connectivity index (χ2n) is 5.19. The van der Waals surface area contributed by atoms with Crippen LogP contribution in [0.3, 0.4) is 0 Å². The van der Waals surface area contributed by atoms with Gasteiger partial charge >= 0.3 is 0 Å². The van der Waals surface area contributed by atoms with Crippen molar-refractivity contribution in [2.75, 3.05) is 33.1 Å². The highest BCUT2D eigenvalue weighted by Gasteiger charge is 2.23. The predicted molar refractivity (Wildman–Crippen MR) is 77.2 cm³/mol. The minimum absolute atomic E-state index is 0.112. The lowest BCUT2D eigenvalue weighted by Crippen LogP contribution is -2.43. The van der Waals surface area contributed by atoms with Crippen LogP contribution in [-0.4, -0.2) is 44.2 Å². The summed E-state index contributed by atoms with van der Waals surface area (Å²) in [7, 11) is 7.67. The zero-order valence-electron chi connectivity index (χ0n) is 12.1. The van der Waals surface area contributed by atoms with Crippen molar-refractivity contribution in [1.82, 2.24) is 9.80 Å². The van der Waals surface area contributed by atoms with Crippen molar-refractivity contribution in [3.8, 4) is 0 Å². The van der Waals surface area contributed by atoms with Crippen molar-refractivity contribution < 1.29 is 8.78 Å². The molecular weight excluding hydrogens is 260 g/mol. The minimum Gasteiger partial charge on any atom is -0.376 e. The lowest BCUT2D eigenvalue weighted by molar-refractivity contribution is 0.338. The van der Waals surface area contributed by atoms with Gasteiger partial charge in [-0.1, -0.05) is 0 Å². The molecule has 0 amide bonds. The molecule has 0 saturated carbocycles. The molecule has 1 heterocycles. The lowest BCUT2D eigenvalue weighted by atomic mass is 10.2. The van der Waals surface area contributed by atoms with Crippen LogP contribution in [0.25, 0.3) is 0 Å². The van der Waals surface area contributed by atoms with Gasteiger partial charge < -0.3 is 9.80 Å². The van der Waals surface area contributed by atoms with Crippen LogP contribution in [0.15, 0.2) is 42.2 Å². The minimum atomic E-state index is -0.572. The summed E-state index contributed by atoms with van der Waals surface area (Å²) in [5.74, 6) is -1.14. The molecule has 20 heavy (non-hydrogen) atoms. The van der Waals surface area contributed by atoms with Gasteiger partial charge in [-0.05, 0) is 38.4 Å². The first-order valence-electron chi connectivity index (χ1n) is 6.37. The van der Waals surface area contributed by atoms with E-state index in [2.05, 4.69) is 0 Å². The molecule has 0 aromatic heterocycles. The Morgan fingerprint density at radius 2 is 1.80 bits per heavy atom. The molecule has 0 saturated heterocycles. The van der Waals surface area contributed by atoms with Crippen LogP contribution in [0.4, 0.5) is 14.5 Å². The van der Waals surface area contributed by atoms with Crippen LogP contribution >= 0.6 is 0 Å². The topological polar surface area (TPSA) is 9.72 Å². The fourth-order valence-electron chi connectivity index (χ4n) is 2.13. The van der Waals surface area contributed by atoms with Crippen LogP contribution in [0.1, 0.15) is 0 Å². The maximum atomic E-state index is 14.0. The number of rotatable bonds is 3. The first-order chi connectivity index (χ1) is 9.40. The molecule has 108 valence electrons. The van der Waals surface area contributed by atoms with Gasteiger partial charge in [-0.3, -0.25) is 4.90 Å². The van der Waals surface area contributed by atoms with Crippen LogP contribution in [0, 0.1) is 11.6 Å². The summed E-state index contributed by atoms with van der Waals surface area (Å²) in [6.45, 7) is 0. The van der Waals surface area contributed by atoms with Crippen molar-refractivity contribution in [2.24, 2.45) is 0 Å². The highest BCUT2D eigenvalue weighted by Crippen LogP contribution is 2.27. The largest absolute Gasteiger partial charge is 0.376 e. The Labute approximate surface area is 118 Å². The van der Waals surface area contributed by atoms with Crippen LogP contribution < -0.4 is 4.90 Å². The maximum absolute atomic E-state index is 14.0. The lowest BCUT2D eigenvalue weighted by Gasteiger charge is -2.37. The maximum Gasteiger partial charge on any atom is 0.149 e. The number of hydrogen-bond donors (Lipinski definition) is 0. The van der Waals surface area contributed by atoms with E-state index >= 15 is 0 Å². The summed E-state index contributed by atoms with van der Waals surface area (Å²) in [6.07, 6.45) is 5.72. The Morgan fingerprint density at radius 1 is 1.10 bits per heavy atom. The zero-order valence-corrected chi connectivity index (χ0v) is 12.1. The number of anilines is 1. The smallest absolute Gasteiger partial charge is 0.149 e. The number of likely N-dealkylation sites (N-methyl/N-ethyl adjacent to an activating group) is 2. The van der Waals surface area contributed by atoms with E-state index in [4.69, 9.17) is 0 Å². The molecule has 0 spiro atoms. The summed E-state index contributed by atoms with van der Waals surface area (Å²) in [6, 6.07) is 3.64. The Bertz CT molecular complexity index is 550. The second-order valence-corrected chi connectivity index (χ2v) is 5.19. The molecule has 3 nitrogen and oxygen atoms in total. The van der Waals surface area contributed by atoms with Crippen molar-refractivity contribution in [3.05, 3.63) is 53.9 Å². The van der Waals surface area contributed by atoms with E-state index in [0.717, 1.165) is 11.8 Å². The van der Waals surface area contributed by atoms with E-state index < -0.39 is 11.6 Å². The van der Waals surface area contributed by atoms with E-state index in [1.807, 2.05) is 56.3 Å². The van der Waals surface area contributed by atoms with Gasteiger partial charge in [0.1, 0.15) is 17.8 Å². The molecule has 0 bridgehead atoms. The van der Waals surface area contributed by atoms with E-state index in [9.17, 15) is 8.78 Å². The molecule has 1 aromatic carbocycles. The molecule has 0 fully saturated rings. The first-order valence-corrected chi connectivity index (χ1v) is 6.37. The Balaban J connectivity index is 2.45. The van der Waals surface area contributed by atoms with Gasteiger partial charge in [0, 0.05) is 26.4 Å². The monoisotopic (exact) mass is 279 g/mol. The average Bonchev–Trinajstić information content (AvgIpc) is 2.37. The zero-order chi connectivity index (χ0) is 14.9. The van der Waals surface area contributed by atoms with Gasteiger partial charge in [0.15, 0.2) is 0 Å². The van der Waals surface area contributed by atoms with Crippen LogP contribution in [-0.2, 0) is 0 Å². The standard InChI is InChI=1S/C15H19F2N3/c1-18(2)12-6-8-15(19(3)4)20(10-12)14-7-5-11(16)9-13(14)17/h5-10,15H,1-4H3. The van der Waals surface area contributed by atoms with E-state index in [0.29, 0.717) is 5.69 Å². The Hall–Kier alpha value is -1.88. The molecule has 1 aromatic rings. The van der Waals surface area contributed by atoms with Crippen LogP contribution in [0.2, 0.25) is 0 Å². The molecule has 1 aliphatic heterocycles. The Morgan fingerprint density at radius 3 is 2.35 bits per heavy atom. The third-order valence-corrected chi connectivity index (χ3v) is 3.23. The molecule has 0 aliphatic carbocycles. The molecule has 5 heteroatoms. The summed E-state index contributed by atoms with van der Waals surface area (Å²) >= 11 is 0.